The minimum Gasteiger partial charge on any atom is -0.492 e. The molecule has 0 atom stereocenters. The Morgan fingerprint density at radius 1 is 1.04 bits per heavy atom. The molecule has 1 aromatic heterocycles. The van der Waals surface area contributed by atoms with Crippen molar-refractivity contribution in [2.45, 2.75) is 6.54 Å². The summed E-state index contributed by atoms with van der Waals surface area (Å²) in [5, 5.41) is 5.21. The number of para-hydroxylation sites is 1. The molecule has 0 aliphatic heterocycles. The zero-order valence-electron chi connectivity index (χ0n) is 12.5. The van der Waals surface area contributed by atoms with Crippen molar-refractivity contribution < 1.29 is 4.74 Å². The molecule has 24 heavy (non-hydrogen) atoms. The zero-order valence-corrected chi connectivity index (χ0v) is 14.0. The van der Waals surface area contributed by atoms with Crippen LogP contribution in [0.25, 0.3) is 11.4 Å². The molecule has 5 nitrogen and oxygen atoms in total. The van der Waals surface area contributed by atoms with Gasteiger partial charge in [0.05, 0.1) is 12.7 Å². The van der Waals surface area contributed by atoms with Gasteiger partial charge in [0.25, 0.3) is 5.56 Å². The maximum atomic E-state index is 11.9. The van der Waals surface area contributed by atoms with Crippen LogP contribution >= 0.6 is 23.2 Å². The van der Waals surface area contributed by atoms with Crippen LogP contribution in [0.4, 0.5) is 0 Å². The number of rotatable bonds is 5. The highest BCUT2D eigenvalue weighted by atomic mass is 35.5. The van der Waals surface area contributed by atoms with Crippen LogP contribution in [0.1, 0.15) is 0 Å². The quantitative estimate of drug-likeness (QED) is 0.695. The molecule has 0 fully saturated rings. The molecule has 0 amide bonds. The van der Waals surface area contributed by atoms with Crippen molar-refractivity contribution in [3.05, 3.63) is 75.1 Å². The van der Waals surface area contributed by atoms with Gasteiger partial charge in [-0.3, -0.25) is 4.79 Å². The van der Waals surface area contributed by atoms with E-state index in [1.54, 1.807) is 18.2 Å². The van der Waals surface area contributed by atoms with Crippen molar-refractivity contribution in [1.82, 2.24) is 14.8 Å². The van der Waals surface area contributed by atoms with Gasteiger partial charge in [0.2, 0.25) is 0 Å². The van der Waals surface area contributed by atoms with E-state index in [-0.39, 0.29) is 5.56 Å². The van der Waals surface area contributed by atoms with Crippen molar-refractivity contribution in [2.75, 3.05) is 6.61 Å². The topological polar surface area (TPSA) is 57.0 Å². The average molecular weight is 362 g/mol. The van der Waals surface area contributed by atoms with Gasteiger partial charge < -0.3 is 4.74 Å². The summed E-state index contributed by atoms with van der Waals surface area (Å²) in [6, 6.07) is 14.4. The Morgan fingerprint density at radius 3 is 2.46 bits per heavy atom. The second-order valence-corrected chi connectivity index (χ2v) is 5.84. The minimum atomic E-state index is -0.302. The molecular weight excluding hydrogens is 349 g/mol. The molecular formula is C17H13Cl2N3O2. The number of nitrogens with zero attached hydrogens (tertiary/aromatic N) is 3. The molecule has 0 saturated heterocycles. The van der Waals surface area contributed by atoms with E-state index in [1.165, 1.54) is 10.9 Å². The predicted octanol–water partition coefficient (Wildman–Crippen LogP) is 3.69. The van der Waals surface area contributed by atoms with Crippen LogP contribution in [0.3, 0.4) is 0 Å². The lowest BCUT2D eigenvalue weighted by atomic mass is 10.2. The Bertz CT molecular complexity index is 878. The van der Waals surface area contributed by atoms with Crippen LogP contribution in [0.5, 0.6) is 5.75 Å². The third-order valence-electron chi connectivity index (χ3n) is 3.20. The molecule has 0 saturated carbocycles. The van der Waals surface area contributed by atoms with Gasteiger partial charge in [-0.1, -0.05) is 41.4 Å². The first-order valence-electron chi connectivity index (χ1n) is 7.20. The van der Waals surface area contributed by atoms with Gasteiger partial charge in [0.1, 0.15) is 12.4 Å². The van der Waals surface area contributed by atoms with Crippen molar-refractivity contribution >= 4 is 23.2 Å². The van der Waals surface area contributed by atoms with Crippen LogP contribution in [-0.4, -0.2) is 21.4 Å². The molecule has 0 spiro atoms. The first kappa shape index (κ1) is 16.5. The summed E-state index contributed by atoms with van der Waals surface area (Å²) < 4.78 is 6.89. The lowest BCUT2D eigenvalue weighted by Crippen LogP contribution is -2.26. The summed E-state index contributed by atoms with van der Waals surface area (Å²) >= 11 is 12.0. The number of hydrogen-bond donors (Lipinski definition) is 0. The number of aromatic nitrogens is 3. The summed E-state index contributed by atoms with van der Waals surface area (Å²) in [5.74, 6) is 1.11. The average Bonchev–Trinajstić information content (AvgIpc) is 2.56. The molecule has 0 bridgehead atoms. The largest absolute Gasteiger partial charge is 0.492 e. The Hall–Kier alpha value is -2.37. The minimum absolute atomic E-state index is 0.302. The Morgan fingerprint density at radius 2 is 1.75 bits per heavy atom. The third-order valence-corrected chi connectivity index (χ3v) is 3.64. The number of halogens is 2. The van der Waals surface area contributed by atoms with E-state index in [1.807, 2.05) is 30.3 Å². The monoisotopic (exact) mass is 361 g/mol. The van der Waals surface area contributed by atoms with Gasteiger partial charge in [0, 0.05) is 15.6 Å². The summed E-state index contributed by atoms with van der Waals surface area (Å²) in [5.41, 5.74) is 0.341. The van der Waals surface area contributed by atoms with E-state index in [4.69, 9.17) is 27.9 Å². The molecule has 1 heterocycles. The van der Waals surface area contributed by atoms with Gasteiger partial charge in [-0.05, 0) is 30.3 Å². The maximum absolute atomic E-state index is 11.9. The fourth-order valence-corrected chi connectivity index (χ4v) is 2.64. The van der Waals surface area contributed by atoms with Gasteiger partial charge in [-0.15, -0.1) is 5.10 Å². The van der Waals surface area contributed by atoms with Crippen molar-refractivity contribution in [1.29, 1.82) is 0 Å². The van der Waals surface area contributed by atoms with E-state index in [2.05, 4.69) is 10.1 Å². The normalized spacial score (nSPS) is 10.6. The van der Waals surface area contributed by atoms with Crippen LogP contribution in [-0.2, 0) is 6.54 Å². The second-order valence-electron chi connectivity index (χ2n) is 4.96. The highest BCUT2D eigenvalue weighted by molar-refractivity contribution is 6.35. The summed E-state index contributed by atoms with van der Waals surface area (Å²) in [4.78, 5) is 16.0. The molecule has 3 rings (SSSR count). The highest BCUT2D eigenvalue weighted by Gasteiger charge is 2.07. The molecule has 0 radical (unpaired) electrons. The van der Waals surface area contributed by atoms with Crippen molar-refractivity contribution in [2.24, 2.45) is 0 Å². The second kappa shape index (κ2) is 7.47. The number of hydrogen-bond acceptors (Lipinski definition) is 4. The van der Waals surface area contributed by atoms with E-state index in [0.29, 0.717) is 34.6 Å². The molecule has 0 N–H and O–H groups in total. The molecule has 3 aromatic rings. The Kier molecular flexibility index (Phi) is 5.13. The summed E-state index contributed by atoms with van der Waals surface area (Å²) in [6.07, 6.45) is 1.22. The summed E-state index contributed by atoms with van der Waals surface area (Å²) in [6.45, 7) is 0.619. The molecule has 122 valence electrons. The van der Waals surface area contributed by atoms with E-state index >= 15 is 0 Å². The van der Waals surface area contributed by atoms with E-state index in [0.717, 1.165) is 5.75 Å². The molecule has 0 unspecified atom stereocenters. The standard InChI is InChI=1S/C17H13Cl2N3O2/c18-13-8-12(9-14(19)10-13)17-20-11-16(23)22(21-17)6-7-24-15-4-2-1-3-5-15/h1-5,8-11H,6-7H2. The SMILES string of the molecule is O=c1cnc(-c2cc(Cl)cc(Cl)c2)nn1CCOc1ccccc1. The number of ether oxygens (including phenoxy) is 1. The fourth-order valence-electron chi connectivity index (χ4n) is 2.11. The maximum Gasteiger partial charge on any atom is 0.285 e. The summed E-state index contributed by atoms with van der Waals surface area (Å²) in [7, 11) is 0. The van der Waals surface area contributed by atoms with E-state index < -0.39 is 0 Å². The lowest BCUT2D eigenvalue weighted by molar-refractivity contribution is 0.287. The molecule has 0 aliphatic carbocycles. The van der Waals surface area contributed by atoms with Gasteiger partial charge in [-0.25, -0.2) is 9.67 Å². The first-order valence-corrected chi connectivity index (χ1v) is 7.96. The van der Waals surface area contributed by atoms with Gasteiger partial charge in [-0.2, -0.15) is 0 Å². The molecule has 7 heteroatoms. The number of benzene rings is 2. The molecule has 2 aromatic carbocycles. The third kappa shape index (κ3) is 4.13. The Labute approximate surface area is 148 Å². The van der Waals surface area contributed by atoms with Gasteiger partial charge >= 0.3 is 0 Å². The van der Waals surface area contributed by atoms with Crippen molar-refractivity contribution in [3.63, 3.8) is 0 Å². The lowest BCUT2D eigenvalue weighted by Gasteiger charge is -2.08. The highest BCUT2D eigenvalue weighted by Crippen LogP contribution is 2.24. The van der Waals surface area contributed by atoms with Crippen LogP contribution in [0.15, 0.2) is 59.5 Å². The fraction of sp³-hybridized carbons (Fsp3) is 0.118. The van der Waals surface area contributed by atoms with Crippen LogP contribution < -0.4 is 10.3 Å². The smallest absolute Gasteiger partial charge is 0.285 e. The van der Waals surface area contributed by atoms with Gasteiger partial charge in [0.15, 0.2) is 5.82 Å². The van der Waals surface area contributed by atoms with Crippen LogP contribution in [0, 0.1) is 0 Å². The Balaban J connectivity index is 1.77. The predicted molar refractivity (Wildman–Crippen MR) is 93.7 cm³/mol. The zero-order chi connectivity index (χ0) is 16.9. The first-order chi connectivity index (χ1) is 11.6. The van der Waals surface area contributed by atoms with E-state index in [9.17, 15) is 4.79 Å². The van der Waals surface area contributed by atoms with Crippen LogP contribution in [0.2, 0.25) is 10.0 Å². The molecule has 0 aliphatic rings. The van der Waals surface area contributed by atoms with Crippen molar-refractivity contribution in [3.8, 4) is 17.1 Å².